The van der Waals surface area contributed by atoms with E-state index in [2.05, 4.69) is 4.98 Å². The average Bonchev–Trinajstić information content (AvgIpc) is 3.44. The predicted octanol–water partition coefficient (Wildman–Crippen LogP) is 5.77. The Balaban J connectivity index is 1.70. The summed E-state index contributed by atoms with van der Waals surface area (Å²) >= 11 is 7.21. The first-order chi connectivity index (χ1) is 15.3. The van der Waals surface area contributed by atoms with E-state index in [1.165, 1.54) is 24.3 Å². The molecule has 1 aliphatic rings. The Kier molecular flexibility index (Phi) is 4.83. The first-order valence-corrected chi connectivity index (χ1v) is 10.7. The van der Waals surface area contributed by atoms with Gasteiger partial charge in [-0.3, -0.25) is 14.5 Å². The molecule has 0 spiro atoms. The van der Waals surface area contributed by atoms with Gasteiger partial charge in [-0.1, -0.05) is 41.1 Å². The van der Waals surface area contributed by atoms with Gasteiger partial charge in [0.1, 0.15) is 17.6 Å². The van der Waals surface area contributed by atoms with Crippen molar-refractivity contribution in [3.63, 3.8) is 0 Å². The van der Waals surface area contributed by atoms with Crippen molar-refractivity contribution in [2.45, 2.75) is 13.0 Å². The molecule has 1 amide bonds. The molecular weight excluding hydrogens is 455 g/mol. The van der Waals surface area contributed by atoms with Gasteiger partial charge in [0.25, 0.3) is 5.91 Å². The maximum Gasteiger partial charge on any atom is 0.296 e. The van der Waals surface area contributed by atoms with Crippen LogP contribution in [0.2, 0.25) is 5.02 Å². The number of nitrogens with zero attached hydrogens (tertiary/aromatic N) is 2. The van der Waals surface area contributed by atoms with E-state index in [4.69, 9.17) is 16.0 Å². The first kappa shape index (κ1) is 20.4. The van der Waals surface area contributed by atoms with Gasteiger partial charge in [0, 0.05) is 10.6 Å². The molecule has 2 aromatic carbocycles. The van der Waals surface area contributed by atoms with Crippen molar-refractivity contribution in [3.05, 3.63) is 93.9 Å². The largest absolute Gasteiger partial charge is 0.503 e. The number of furan rings is 1. The number of amides is 1. The summed E-state index contributed by atoms with van der Waals surface area (Å²) in [4.78, 5) is 32.0. The second kappa shape index (κ2) is 7.58. The molecule has 0 bridgehead atoms. The van der Waals surface area contributed by atoms with Crippen LogP contribution in [0, 0.1) is 12.7 Å². The van der Waals surface area contributed by atoms with Crippen LogP contribution in [0.25, 0.3) is 10.2 Å². The molecule has 0 unspecified atom stereocenters. The number of ketones is 1. The zero-order chi connectivity index (χ0) is 22.6. The Morgan fingerprint density at radius 3 is 2.72 bits per heavy atom. The third kappa shape index (κ3) is 3.19. The molecule has 2 aromatic heterocycles. The van der Waals surface area contributed by atoms with Crippen LogP contribution < -0.4 is 4.90 Å². The summed E-state index contributed by atoms with van der Waals surface area (Å²) in [5.41, 5.74) is 0.357. The molecule has 0 fully saturated rings. The van der Waals surface area contributed by atoms with Crippen molar-refractivity contribution in [2.24, 2.45) is 0 Å². The third-order valence-corrected chi connectivity index (χ3v) is 6.41. The quantitative estimate of drug-likeness (QED) is 0.384. The lowest BCUT2D eigenvalue weighted by molar-refractivity contribution is -0.117. The number of hydrogen-bond donors (Lipinski definition) is 1. The lowest BCUT2D eigenvalue weighted by Gasteiger charge is -2.24. The molecule has 160 valence electrons. The Hall–Kier alpha value is -3.49. The minimum Gasteiger partial charge on any atom is -0.503 e. The monoisotopic (exact) mass is 468 g/mol. The summed E-state index contributed by atoms with van der Waals surface area (Å²) in [5.74, 6) is -2.53. The van der Waals surface area contributed by atoms with Crippen LogP contribution in [0.5, 0.6) is 0 Å². The molecular formula is C23H14ClFN2O4S. The van der Waals surface area contributed by atoms with Gasteiger partial charge >= 0.3 is 0 Å². The number of hydrogen-bond acceptors (Lipinski definition) is 6. The fraction of sp³-hybridized carbons (Fsp3) is 0.0870. The Morgan fingerprint density at radius 1 is 1.22 bits per heavy atom. The normalized spacial score (nSPS) is 16.4. The number of fused-ring (bicyclic) bond motifs is 1. The number of Topliss-reactive ketones (excluding diaryl/α,β-unsaturated/α-hetero) is 1. The van der Waals surface area contributed by atoms with E-state index in [0.717, 1.165) is 16.2 Å². The summed E-state index contributed by atoms with van der Waals surface area (Å²) in [6, 6.07) is 12.7. The molecule has 6 nitrogen and oxygen atoms in total. The SMILES string of the molecule is Cc1ccc(C(=O)C2=C(O)C(=O)N(c3nc4ccc(Cl)cc4s3)[C@H]2c2ccccc2F)o1. The van der Waals surface area contributed by atoms with Gasteiger partial charge in [-0.05, 0) is 43.3 Å². The van der Waals surface area contributed by atoms with Gasteiger partial charge in [-0.2, -0.15) is 0 Å². The molecule has 1 N–H and O–H groups in total. The van der Waals surface area contributed by atoms with E-state index in [-0.39, 0.29) is 22.0 Å². The minimum absolute atomic E-state index is 0.0498. The van der Waals surface area contributed by atoms with Crippen molar-refractivity contribution >= 4 is 50.0 Å². The van der Waals surface area contributed by atoms with E-state index in [1.807, 2.05) is 0 Å². The molecule has 0 saturated heterocycles. The van der Waals surface area contributed by atoms with Crippen molar-refractivity contribution < 1.29 is 23.5 Å². The van der Waals surface area contributed by atoms with Crippen molar-refractivity contribution in [1.29, 1.82) is 0 Å². The van der Waals surface area contributed by atoms with Gasteiger partial charge in [0.15, 0.2) is 16.7 Å². The Labute approximate surface area is 190 Å². The topological polar surface area (TPSA) is 83.6 Å². The second-order valence-corrected chi connectivity index (χ2v) is 8.65. The van der Waals surface area contributed by atoms with Crippen LogP contribution in [-0.2, 0) is 4.79 Å². The predicted molar refractivity (Wildman–Crippen MR) is 119 cm³/mol. The summed E-state index contributed by atoms with van der Waals surface area (Å²) in [6.07, 6.45) is 0. The second-order valence-electron chi connectivity index (χ2n) is 7.21. The molecule has 0 radical (unpaired) electrons. The molecule has 5 rings (SSSR count). The number of carbonyl (C=O) groups excluding carboxylic acids is 2. The number of aliphatic hydroxyl groups excluding tert-OH is 1. The zero-order valence-corrected chi connectivity index (χ0v) is 18.1. The standard InChI is InChI=1S/C23H14ClFN2O4S/c1-11-6-9-16(31-11)20(28)18-19(13-4-2-3-5-14(13)25)27(22(30)21(18)29)23-26-15-8-7-12(24)10-17(15)32-23/h2-10,19,29H,1H3/t19-/m0/s1. The van der Waals surface area contributed by atoms with Crippen LogP contribution in [0.4, 0.5) is 9.52 Å². The summed E-state index contributed by atoms with van der Waals surface area (Å²) in [6.45, 7) is 1.66. The van der Waals surface area contributed by atoms with Crippen LogP contribution >= 0.6 is 22.9 Å². The Morgan fingerprint density at radius 2 is 2.00 bits per heavy atom. The zero-order valence-electron chi connectivity index (χ0n) is 16.5. The maximum atomic E-state index is 14.9. The first-order valence-electron chi connectivity index (χ1n) is 9.53. The van der Waals surface area contributed by atoms with Crippen LogP contribution in [-0.4, -0.2) is 21.8 Å². The molecule has 9 heteroatoms. The van der Waals surface area contributed by atoms with Crippen molar-refractivity contribution in [2.75, 3.05) is 4.90 Å². The van der Waals surface area contributed by atoms with Crippen LogP contribution in [0.3, 0.4) is 0 Å². The highest BCUT2D eigenvalue weighted by Crippen LogP contribution is 2.45. The number of aliphatic hydroxyl groups is 1. The summed E-state index contributed by atoms with van der Waals surface area (Å²) in [7, 11) is 0. The fourth-order valence-corrected chi connectivity index (χ4v) is 4.97. The fourth-order valence-electron chi connectivity index (χ4n) is 3.70. The molecule has 0 aliphatic carbocycles. The molecule has 1 aliphatic heterocycles. The number of thiazole rings is 1. The lowest BCUT2D eigenvalue weighted by Crippen LogP contribution is -2.31. The van der Waals surface area contributed by atoms with Crippen molar-refractivity contribution in [3.8, 4) is 0 Å². The number of anilines is 1. The number of benzene rings is 2. The minimum atomic E-state index is -1.22. The highest BCUT2D eigenvalue weighted by Gasteiger charge is 2.47. The van der Waals surface area contributed by atoms with E-state index in [1.54, 1.807) is 37.3 Å². The molecule has 4 aromatic rings. The maximum absolute atomic E-state index is 14.9. The molecule has 3 heterocycles. The van der Waals surface area contributed by atoms with E-state index in [0.29, 0.717) is 21.0 Å². The lowest BCUT2D eigenvalue weighted by atomic mass is 9.95. The van der Waals surface area contributed by atoms with Gasteiger partial charge < -0.3 is 9.52 Å². The highest BCUT2D eigenvalue weighted by molar-refractivity contribution is 7.22. The molecule has 1 atom stereocenters. The van der Waals surface area contributed by atoms with Gasteiger partial charge in [-0.15, -0.1) is 0 Å². The van der Waals surface area contributed by atoms with E-state index in [9.17, 15) is 19.1 Å². The van der Waals surface area contributed by atoms with Crippen molar-refractivity contribution in [1.82, 2.24) is 4.98 Å². The Bertz CT molecular complexity index is 1440. The highest BCUT2D eigenvalue weighted by atomic mass is 35.5. The third-order valence-electron chi connectivity index (χ3n) is 5.16. The van der Waals surface area contributed by atoms with E-state index < -0.39 is 29.3 Å². The molecule has 32 heavy (non-hydrogen) atoms. The van der Waals surface area contributed by atoms with Crippen LogP contribution in [0.15, 0.2) is 70.3 Å². The summed E-state index contributed by atoms with van der Waals surface area (Å²) in [5, 5.41) is 11.4. The number of rotatable bonds is 4. The molecule has 0 saturated carbocycles. The number of halogens is 2. The number of aromatic nitrogens is 1. The number of aryl methyl sites for hydroxylation is 1. The summed E-state index contributed by atoms with van der Waals surface area (Å²) < 4.78 is 21.0. The average molecular weight is 469 g/mol. The van der Waals surface area contributed by atoms with Gasteiger partial charge in [0.2, 0.25) is 5.78 Å². The number of carbonyl (C=O) groups is 2. The smallest absolute Gasteiger partial charge is 0.296 e. The van der Waals surface area contributed by atoms with E-state index >= 15 is 0 Å². The van der Waals surface area contributed by atoms with Crippen LogP contribution in [0.1, 0.15) is 27.9 Å². The van der Waals surface area contributed by atoms with Gasteiger partial charge in [-0.25, -0.2) is 9.37 Å². The van der Waals surface area contributed by atoms with Gasteiger partial charge in [0.05, 0.1) is 15.8 Å².